The third kappa shape index (κ3) is 15.7. The van der Waals surface area contributed by atoms with E-state index in [0.717, 1.165) is 82.0 Å². The molecule has 3 aromatic rings. The zero-order valence-electron chi connectivity index (χ0n) is 36.6. The number of phenolic OH excluding ortho intramolecular Hbond substituents is 1. The number of ketones is 1. The summed E-state index contributed by atoms with van der Waals surface area (Å²) in [5.41, 5.74) is 1.18. The lowest BCUT2D eigenvalue weighted by Crippen LogP contribution is -2.29. The Balaban J connectivity index is 0.906. The van der Waals surface area contributed by atoms with Crippen molar-refractivity contribution in [3.63, 3.8) is 0 Å². The molecule has 2 fully saturated rings. The van der Waals surface area contributed by atoms with Crippen LogP contribution < -0.4 is 9.47 Å². The molecule has 8 heteroatoms. The maximum atomic E-state index is 13.0. The van der Waals surface area contributed by atoms with Crippen LogP contribution >= 0.6 is 0 Å². The molecule has 0 aromatic heterocycles. The summed E-state index contributed by atoms with van der Waals surface area (Å²) >= 11 is 0. The molecule has 2 saturated carbocycles. The Labute approximate surface area is 364 Å². The van der Waals surface area contributed by atoms with Crippen LogP contribution in [0.2, 0.25) is 0 Å². The number of carbonyl (C=O) groups excluding carboxylic acids is 3. The second kappa shape index (κ2) is 25.6. The highest BCUT2D eigenvalue weighted by Gasteiger charge is 2.33. The van der Waals surface area contributed by atoms with E-state index in [1.807, 2.05) is 6.07 Å². The molecule has 3 aromatic carbocycles. The molecule has 0 unspecified atom stereocenters. The Bertz CT molecular complexity index is 1880. The van der Waals surface area contributed by atoms with E-state index in [-0.39, 0.29) is 34.7 Å². The maximum absolute atomic E-state index is 13.0. The SMILES string of the molecule is C=C/C(=C\C=C(/C)OC(=O)C1CCC(C2CCC(CCCCC)CC2)CC1)OC(=O)c1ccc(OCCCCCCCCOc2ccc(C(=O)c3ccccc3)c(O)c2)cc1. The van der Waals surface area contributed by atoms with Gasteiger partial charge in [-0.15, -0.1) is 0 Å². The first-order chi connectivity index (χ1) is 29.7. The highest BCUT2D eigenvalue weighted by atomic mass is 16.5. The molecule has 0 spiro atoms. The monoisotopic (exact) mass is 832 g/mol. The zero-order chi connectivity index (χ0) is 43.2. The number of benzene rings is 3. The van der Waals surface area contributed by atoms with Crippen LogP contribution in [0.5, 0.6) is 17.2 Å². The number of allylic oxidation sites excluding steroid dienone is 4. The smallest absolute Gasteiger partial charge is 0.343 e. The quantitative estimate of drug-likeness (QED) is 0.0312. The summed E-state index contributed by atoms with van der Waals surface area (Å²) in [6.45, 7) is 8.92. The summed E-state index contributed by atoms with van der Waals surface area (Å²) in [6, 6.07) is 20.6. The van der Waals surface area contributed by atoms with E-state index >= 15 is 0 Å². The summed E-state index contributed by atoms with van der Waals surface area (Å²) < 4.78 is 23.0. The third-order valence-corrected chi connectivity index (χ3v) is 12.5. The van der Waals surface area contributed by atoms with Crippen LogP contribution in [-0.4, -0.2) is 36.0 Å². The van der Waals surface area contributed by atoms with Crippen LogP contribution in [0.3, 0.4) is 0 Å². The molecule has 328 valence electrons. The maximum Gasteiger partial charge on any atom is 0.343 e. The summed E-state index contributed by atoms with van der Waals surface area (Å²) in [5, 5.41) is 10.4. The lowest BCUT2D eigenvalue weighted by molar-refractivity contribution is -0.145. The number of carbonyl (C=O) groups is 3. The molecule has 1 N–H and O–H groups in total. The minimum Gasteiger partial charge on any atom is -0.507 e. The number of rotatable bonds is 24. The fourth-order valence-electron chi connectivity index (χ4n) is 8.76. The minimum atomic E-state index is -0.515. The molecule has 2 aliphatic rings. The van der Waals surface area contributed by atoms with Crippen molar-refractivity contribution in [2.75, 3.05) is 13.2 Å². The Morgan fingerprint density at radius 3 is 1.90 bits per heavy atom. The molecule has 0 saturated heterocycles. The van der Waals surface area contributed by atoms with Gasteiger partial charge >= 0.3 is 11.9 Å². The Morgan fingerprint density at radius 2 is 1.28 bits per heavy atom. The Hall–Kier alpha value is -5.11. The standard InChI is InChI=1S/C53H68O8/c1-4-6-12-17-40-21-23-41(24-22-40)42-25-27-44(28-26-42)52(56)60-39(3)20-31-46(5-2)61-53(57)45-29-32-47(33-30-45)58-36-15-9-7-8-10-16-37-59-48-34-35-49(50(54)38-48)51(55)43-18-13-11-14-19-43/h5,11,13-14,18-20,29-35,38,40-42,44,54H,2,4,6-10,12,15-17,21-28,36-37H2,1,3H3/b39-20+,46-31+. The van der Waals surface area contributed by atoms with Crippen molar-refractivity contribution in [2.24, 2.45) is 23.7 Å². The van der Waals surface area contributed by atoms with Gasteiger partial charge in [-0.05, 0) is 131 Å². The number of phenols is 1. The average molecular weight is 833 g/mol. The largest absolute Gasteiger partial charge is 0.507 e. The van der Waals surface area contributed by atoms with Crippen LogP contribution in [0.15, 0.2) is 109 Å². The topological polar surface area (TPSA) is 108 Å². The van der Waals surface area contributed by atoms with Crippen molar-refractivity contribution < 1.29 is 38.4 Å². The van der Waals surface area contributed by atoms with E-state index in [1.165, 1.54) is 63.5 Å². The van der Waals surface area contributed by atoms with Gasteiger partial charge in [-0.2, -0.15) is 0 Å². The third-order valence-electron chi connectivity index (χ3n) is 12.5. The summed E-state index contributed by atoms with van der Waals surface area (Å²) in [4.78, 5) is 38.5. The van der Waals surface area contributed by atoms with Gasteiger partial charge in [0.15, 0.2) is 5.78 Å². The molecule has 2 aliphatic carbocycles. The normalized spacial score (nSPS) is 19.4. The summed E-state index contributed by atoms with van der Waals surface area (Å²) in [6.07, 6.45) is 25.7. The second-order valence-electron chi connectivity index (χ2n) is 17.0. The molecule has 8 nitrogen and oxygen atoms in total. The highest BCUT2D eigenvalue weighted by Crippen LogP contribution is 2.42. The molecule has 0 bridgehead atoms. The average Bonchev–Trinajstić information content (AvgIpc) is 3.29. The fourth-order valence-corrected chi connectivity index (χ4v) is 8.76. The lowest BCUT2D eigenvalue weighted by Gasteiger charge is -2.37. The molecule has 0 atom stereocenters. The van der Waals surface area contributed by atoms with Gasteiger partial charge in [0.05, 0.1) is 30.3 Å². The van der Waals surface area contributed by atoms with E-state index in [2.05, 4.69) is 13.5 Å². The van der Waals surface area contributed by atoms with Crippen molar-refractivity contribution in [1.82, 2.24) is 0 Å². The Morgan fingerprint density at radius 1 is 0.672 bits per heavy atom. The van der Waals surface area contributed by atoms with Gasteiger partial charge in [0, 0.05) is 11.6 Å². The number of unbranched alkanes of at least 4 members (excludes halogenated alkanes) is 7. The number of aromatic hydroxyl groups is 1. The van der Waals surface area contributed by atoms with Gasteiger partial charge < -0.3 is 24.1 Å². The molecule has 5 rings (SSSR count). The van der Waals surface area contributed by atoms with Crippen molar-refractivity contribution in [2.45, 2.75) is 129 Å². The zero-order valence-corrected chi connectivity index (χ0v) is 36.6. The van der Waals surface area contributed by atoms with E-state index in [1.54, 1.807) is 79.7 Å². The van der Waals surface area contributed by atoms with Crippen LogP contribution in [0, 0.1) is 23.7 Å². The molecule has 0 aliphatic heterocycles. The number of hydrogen-bond acceptors (Lipinski definition) is 8. The van der Waals surface area contributed by atoms with Crippen LogP contribution in [-0.2, 0) is 14.3 Å². The van der Waals surface area contributed by atoms with Gasteiger partial charge in [-0.3, -0.25) is 9.59 Å². The number of ether oxygens (including phenoxy) is 4. The lowest BCUT2D eigenvalue weighted by atomic mass is 9.68. The van der Waals surface area contributed by atoms with Crippen LogP contribution in [0.1, 0.15) is 156 Å². The highest BCUT2D eigenvalue weighted by molar-refractivity contribution is 6.10. The number of esters is 2. The van der Waals surface area contributed by atoms with Crippen molar-refractivity contribution >= 4 is 17.7 Å². The molecular weight excluding hydrogens is 765 g/mol. The first-order valence-corrected chi connectivity index (χ1v) is 23.0. The van der Waals surface area contributed by atoms with Gasteiger partial charge in [-0.25, -0.2) is 4.79 Å². The first-order valence-electron chi connectivity index (χ1n) is 23.0. The van der Waals surface area contributed by atoms with Gasteiger partial charge in [0.25, 0.3) is 0 Å². The fraction of sp³-hybridized carbons (Fsp3) is 0.491. The molecule has 0 heterocycles. The van der Waals surface area contributed by atoms with E-state index in [0.29, 0.717) is 41.6 Å². The predicted octanol–water partition coefficient (Wildman–Crippen LogP) is 13.3. The van der Waals surface area contributed by atoms with Gasteiger partial charge in [-0.1, -0.05) is 108 Å². The second-order valence-corrected chi connectivity index (χ2v) is 17.0. The van der Waals surface area contributed by atoms with Crippen molar-refractivity contribution in [1.29, 1.82) is 0 Å². The predicted molar refractivity (Wildman–Crippen MR) is 242 cm³/mol. The van der Waals surface area contributed by atoms with Crippen LogP contribution in [0.4, 0.5) is 0 Å². The summed E-state index contributed by atoms with van der Waals surface area (Å²) in [5.74, 6) is 3.40. The van der Waals surface area contributed by atoms with Gasteiger partial charge in [0.1, 0.15) is 28.8 Å². The van der Waals surface area contributed by atoms with Crippen LogP contribution in [0.25, 0.3) is 0 Å². The first kappa shape index (κ1) is 46.9. The van der Waals surface area contributed by atoms with Crippen molar-refractivity contribution in [3.05, 3.63) is 126 Å². The molecule has 0 amide bonds. The van der Waals surface area contributed by atoms with Crippen molar-refractivity contribution in [3.8, 4) is 17.2 Å². The molecule has 0 radical (unpaired) electrons. The van der Waals surface area contributed by atoms with E-state index < -0.39 is 5.97 Å². The Kier molecular flexibility index (Phi) is 19.7. The number of hydrogen-bond donors (Lipinski definition) is 1. The minimum absolute atomic E-state index is 0.0591. The summed E-state index contributed by atoms with van der Waals surface area (Å²) in [7, 11) is 0. The van der Waals surface area contributed by atoms with Gasteiger partial charge in [0.2, 0.25) is 0 Å². The van der Waals surface area contributed by atoms with E-state index in [9.17, 15) is 19.5 Å². The van der Waals surface area contributed by atoms with E-state index in [4.69, 9.17) is 18.9 Å². The molecular formula is C53H68O8. The molecule has 61 heavy (non-hydrogen) atoms.